The summed E-state index contributed by atoms with van der Waals surface area (Å²) in [5.41, 5.74) is 0. The third-order valence-electron chi connectivity index (χ3n) is 10.6. The van der Waals surface area contributed by atoms with Gasteiger partial charge in [-0.3, -0.25) is 14.4 Å². The van der Waals surface area contributed by atoms with Crippen LogP contribution in [0, 0.1) is 0 Å². The molecule has 354 valence electrons. The highest BCUT2D eigenvalue weighted by molar-refractivity contribution is 5.71. The largest absolute Gasteiger partial charge is 0.462 e. The first-order valence-electron chi connectivity index (χ1n) is 25.6. The number of ether oxygens (including phenoxy) is 3. The second kappa shape index (κ2) is 50.2. The highest BCUT2D eigenvalue weighted by Gasteiger charge is 2.19. The normalized spacial score (nSPS) is 12.8. The summed E-state index contributed by atoms with van der Waals surface area (Å²) in [6, 6.07) is 0. The number of allylic oxidation sites excluding steroid dienone is 14. The molecule has 0 fully saturated rings. The summed E-state index contributed by atoms with van der Waals surface area (Å²) in [6.45, 7) is 6.39. The van der Waals surface area contributed by atoms with Crippen LogP contribution in [0.4, 0.5) is 0 Å². The average molecular weight is 863 g/mol. The maximum atomic E-state index is 12.8. The van der Waals surface area contributed by atoms with Gasteiger partial charge >= 0.3 is 17.9 Å². The van der Waals surface area contributed by atoms with Gasteiger partial charge in [-0.05, 0) is 109 Å². The fraction of sp³-hybridized carbons (Fsp3) is 0.696. The molecule has 0 aliphatic carbocycles. The molecule has 0 saturated carbocycles. The van der Waals surface area contributed by atoms with E-state index < -0.39 is 6.10 Å². The minimum absolute atomic E-state index is 0.103. The zero-order valence-electron chi connectivity index (χ0n) is 40.4. The minimum atomic E-state index is -0.807. The molecule has 0 aromatic carbocycles. The van der Waals surface area contributed by atoms with E-state index in [-0.39, 0.29) is 37.5 Å². The van der Waals surface area contributed by atoms with Crippen LogP contribution in [0.5, 0.6) is 0 Å². The van der Waals surface area contributed by atoms with Crippen molar-refractivity contribution in [3.63, 3.8) is 0 Å². The Hall–Kier alpha value is -3.41. The van der Waals surface area contributed by atoms with E-state index in [9.17, 15) is 14.4 Å². The first kappa shape index (κ1) is 58.6. The standard InChI is InChI=1S/C56H94O6/c1-4-7-10-13-16-19-22-25-27-29-31-34-37-40-43-46-49-55(58)61-52-53(51-60-54(57)48-45-42-39-36-33-30-24-21-18-15-12-9-6-3)62-56(59)50-47-44-41-38-35-32-28-26-23-20-17-14-11-8-5-2/h8,11-12,15,17,20-21,24,26-29,35,38,53H,4-7,9-10,13-14,16,18-19,22-23,25,30-34,36-37,39-52H2,1-3H3/b11-8-,15-12-,20-17-,24-21-,28-26-,29-27-,38-35-. The molecule has 1 atom stereocenters. The van der Waals surface area contributed by atoms with Gasteiger partial charge in [0.1, 0.15) is 13.2 Å². The van der Waals surface area contributed by atoms with Crippen molar-refractivity contribution in [3.8, 4) is 0 Å². The molecule has 0 rings (SSSR count). The molecule has 0 aliphatic heterocycles. The summed E-state index contributed by atoms with van der Waals surface area (Å²) in [7, 11) is 0. The fourth-order valence-electron chi connectivity index (χ4n) is 6.76. The van der Waals surface area contributed by atoms with Crippen molar-refractivity contribution >= 4 is 17.9 Å². The highest BCUT2D eigenvalue weighted by Crippen LogP contribution is 2.13. The van der Waals surface area contributed by atoms with Crippen LogP contribution < -0.4 is 0 Å². The number of unbranched alkanes of at least 4 members (excludes halogenated alkanes) is 20. The quantitative estimate of drug-likeness (QED) is 0.0263. The van der Waals surface area contributed by atoms with Gasteiger partial charge in [-0.25, -0.2) is 0 Å². The molecule has 1 unspecified atom stereocenters. The number of hydrogen-bond donors (Lipinski definition) is 0. The molecule has 0 amide bonds. The van der Waals surface area contributed by atoms with E-state index in [0.29, 0.717) is 19.3 Å². The lowest BCUT2D eigenvalue weighted by atomic mass is 10.1. The maximum Gasteiger partial charge on any atom is 0.306 e. The Balaban J connectivity index is 4.48. The third kappa shape index (κ3) is 47.6. The summed E-state index contributed by atoms with van der Waals surface area (Å²) in [4.78, 5) is 37.9. The smallest absolute Gasteiger partial charge is 0.306 e. The van der Waals surface area contributed by atoms with E-state index >= 15 is 0 Å². The Bertz CT molecular complexity index is 1220. The van der Waals surface area contributed by atoms with Crippen molar-refractivity contribution < 1.29 is 28.6 Å². The van der Waals surface area contributed by atoms with Gasteiger partial charge in [0.2, 0.25) is 0 Å². The van der Waals surface area contributed by atoms with Crippen molar-refractivity contribution in [2.75, 3.05) is 13.2 Å². The van der Waals surface area contributed by atoms with Crippen molar-refractivity contribution in [1.82, 2.24) is 0 Å². The van der Waals surface area contributed by atoms with Gasteiger partial charge in [-0.1, -0.05) is 189 Å². The van der Waals surface area contributed by atoms with Crippen LogP contribution in [0.25, 0.3) is 0 Å². The van der Waals surface area contributed by atoms with Crippen molar-refractivity contribution in [1.29, 1.82) is 0 Å². The lowest BCUT2D eigenvalue weighted by molar-refractivity contribution is -0.167. The van der Waals surface area contributed by atoms with Crippen LogP contribution >= 0.6 is 0 Å². The molecule has 0 aromatic rings. The second-order valence-corrected chi connectivity index (χ2v) is 16.7. The first-order chi connectivity index (χ1) is 30.5. The van der Waals surface area contributed by atoms with Crippen LogP contribution in [0.1, 0.15) is 233 Å². The van der Waals surface area contributed by atoms with Gasteiger partial charge in [0.15, 0.2) is 6.10 Å². The van der Waals surface area contributed by atoms with Crippen molar-refractivity contribution in [3.05, 3.63) is 85.1 Å². The van der Waals surface area contributed by atoms with Crippen molar-refractivity contribution in [2.45, 2.75) is 239 Å². The van der Waals surface area contributed by atoms with E-state index in [1.165, 1.54) is 70.6 Å². The molecular weight excluding hydrogens is 769 g/mol. The summed E-state index contributed by atoms with van der Waals surface area (Å²) < 4.78 is 16.7. The molecule has 62 heavy (non-hydrogen) atoms. The Morgan fingerprint density at radius 2 is 0.661 bits per heavy atom. The van der Waals surface area contributed by atoms with E-state index in [4.69, 9.17) is 14.2 Å². The van der Waals surface area contributed by atoms with Crippen LogP contribution in [0.15, 0.2) is 85.1 Å². The minimum Gasteiger partial charge on any atom is -0.462 e. The third-order valence-corrected chi connectivity index (χ3v) is 10.6. The van der Waals surface area contributed by atoms with E-state index in [1.807, 2.05) is 0 Å². The Morgan fingerprint density at radius 3 is 1.10 bits per heavy atom. The SMILES string of the molecule is CC/C=C\C/C=C\C/C=C\C/C=C\CCCCC(=O)OC(COC(=O)CCCCCCC/C=C\C/C=C\CCC)COC(=O)CCCCCCC/C=C\CCCCCCCCC. The molecule has 0 N–H and O–H groups in total. The summed E-state index contributed by atoms with van der Waals surface area (Å²) in [5.74, 6) is -0.969. The van der Waals surface area contributed by atoms with Gasteiger partial charge < -0.3 is 14.2 Å². The van der Waals surface area contributed by atoms with Crippen molar-refractivity contribution in [2.24, 2.45) is 0 Å². The highest BCUT2D eigenvalue weighted by atomic mass is 16.6. The zero-order valence-corrected chi connectivity index (χ0v) is 40.4. The van der Waals surface area contributed by atoms with Gasteiger partial charge in [-0.15, -0.1) is 0 Å². The number of esters is 3. The number of carbonyl (C=O) groups is 3. The van der Waals surface area contributed by atoms with Gasteiger partial charge in [-0.2, -0.15) is 0 Å². The molecule has 6 nitrogen and oxygen atoms in total. The molecule has 0 bridgehead atoms. The Labute approximate surface area is 382 Å². The van der Waals surface area contributed by atoms with E-state index in [1.54, 1.807) is 0 Å². The molecule has 0 radical (unpaired) electrons. The lowest BCUT2D eigenvalue weighted by Gasteiger charge is -2.18. The number of carbonyl (C=O) groups excluding carboxylic acids is 3. The van der Waals surface area contributed by atoms with Gasteiger partial charge in [0.25, 0.3) is 0 Å². The van der Waals surface area contributed by atoms with Crippen LogP contribution in [-0.2, 0) is 28.6 Å². The topological polar surface area (TPSA) is 78.9 Å². The molecule has 0 saturated heterocycles. The summed E-state index contributed by atoms with van der Waals surface area (Å²) in [6.07, 6.45) is 64.2. The Kier molecular flexibility index (Phi) is 47.5. The zero-order chi connectivity index (χ0) is 45.1. The second-order valence-electron chi connectivity index (χ2n) is 16.7. The fourth-order valence-corrected chi connectivity index (χ4v) is 6.76. The number of hydrogen-bond acceptors (Lipinski definition) is 6. The van der Waals surface area contributed by atoms with Gasteiger partial charge in [0.05, 0.1) is 0 Å². The Morgan fingerprint density at radius 1 is 0.339 bits per heavy atom. The number of rotatable bonds is 45. The van der Waals surface area contributed by atoms with E-state index in [2.05, 4.69) is 106 Å². The molecule has 0 heterocycles. The van der Waals surface area contributed by atoms with E-state index in [0.717, 1.165) is 116 Å². The molecule has 0 spiro atoms. The predicted octanol–water partition coefficient (Wildman–Crippen LogP) is 16.8. The first-order valence-corrected chi connectivity index (χ1v) is 25.6. The summed E-state index contributed by atoms with van der Waals surface area (Å²) >= 11 is 0. The van der Waals surface area contributed by atoms with Crippen LogP contribution in [0.3, 0.4) is 0 Å². The molecule has 6 heteroatoms. The summed E-state index contributed by atoms with van der Waals surface area (Å²) in [5, 5.41) is 0. The molecular formula is C56H94O6. The molecule has 0 aromatic heterocycles. The lowest BCUT2D eigenvalue weighted by Crippen LogP contribution is -2.30. The maximum absolute atomic E-state index is 12.8. The molecule has 0 aliphatic rings. The van der Waals surface area contributed by atoms with Gasteiger partial charge in [0, 0.05) is 19.3 Å². The van der Waals surface area contributed by atoms with Crippen LogP contribution in [0.2, 0.25) is 0 Å². The predicted molar refractivity (Wildman–Crippen MR) is 265 cm³/mol. The average Bonchev–Trinajstić information content (AvgIpc) is 3.27. The van der Waals surface area contributed by atoms with Crippen LogP contribution in [-0.4, -0.2) is 37.2 Å². The monoisotopic (exact) mass is 863 g/mol.